The van der Waals surface area contributed by atoms with Gasteiger partial charge in [0.25, 0.3) is 0 Å². The third kappa shape index (κ3) is 1.85. The van der Waals surface area contributed by atoms with Gasteiger partial charge in [0.05, 0.1) is 15.1 Å². The summed E-state index contributed by atoms with van der Waals surface area (Å²) < 4.78 is 8.07. The SMILES string of the molecule is C[C@H]1C([C@@H]2C=CC=CC2)OPN1C. The van der Waals surface area contributed by atoms with Gasteiger partial charge in [-0.15, -0.1) is 0 Å². The van der Waals surface area contributed by atoms with Crippen LogP contribution in [0.5, 0.6) is 0 Å². The predicted molar refractivity (Wildman–Crippen MR) is 56.8 cm³/mol. The van der Waals surface area contributed by atoms with Crippen molar-refractivity contribution in [1.29, 1.82) is 0 Å². The lowest BCUT2D eigenvalue weighted by atomic mass is 9.91. The fraction of sp³-hybridized carbons (Fsp3) is 0.600. The lowest BCUT2D eigenvalue weighted by Crippen LogP contribution is -2.33. The van der Waals surface area contributed by atoms with E-state index < -0.39 is 0 Å². The molecule has 4 atom stereocenters. The summed E-state index contributed by atoms with van der Waals surface area (Å²) in [7, 11) is 2.67. The van der Waals surface area contributed by atoms with Crippen LogP contribution in [-0.4, -0.2) is 23.9 Å². The Balaban J connectivity index is 2.01. The molecule has 2 nitrogen and oxygen atoms in total. The van der Waals surface area contributed by atoms with E-state index in [0.717, 1.165) is 6.42 Å². The first-order valence-electron chi connectivity index (χ1n) is 4.76. The van der Waals surface area contributed by atoms with Crippen LogP contribution in [-0.2, 0) is 4.52 Å². The van der Waals surface area contributed by atoms with E-state index in [0.29, 0.717) is 27.0 Å². The molecule has 72 valence electrons. The Morgan fingerprint density at radius 2 is 2.31 bits per heavy atom. The number of hydrogen-bond acceptors (Lipinski definition) is 2. The van der Waals surface area contributed by atoms with Crippen molar-refractivity contribution in [1.82, 2.24) is 4.67 Å². The topological polar surface area (TPSA) is 12.5 Å². The first-order chi connectivity index (χ1) is 6.29. The minimum Gasteiger partial charge on any atom is -0.341 e. The molecule has 3 heteroatoms. The van der Waals surface area contributed by atoms with Crippen molar-refractivity contribution in [3.63, 3.8) is 0 Å². The van der Waals surface area contributed by atoms with Gasteiger partial charge in [-0.3, -0.25) is 4.67 Å². The van der Waals surface area contributed by atoms with Crippen LogP contribution in [0, 0.1) is 5.92 Å². The van der Waals surface area contributed by atoms with Crippen molar-refractivity contribution >= 4 is 8.96 Å². The van der Waals surface area contributed by atoms with E-state index in [1.807, 2.05) is 0 Å². The van der Waals surface area contributed by atoms with E-state index in [1.165, 1.54) is 0 Å². The molecule has 0 aromatic carbocycles. The molecule has 0 bridgehead atoms. The highest BCUT2D eigenvalue weighted by Crippen LogP contribution is 2.38. The van der Waals surface area contributed by atoms with Crippen molar-refractivity contribution in [3.8, 4) is 0 Å². The van der Waals surface area contributed by atoms with Crippen LogP contribution in [0.25, 0.3) is 0 Å². The van der Waals surface area contributed by atoms with Gasteiger partial charge in [-0.1, -0.05) is 24.3 Å². The summed E-state index contributed by atoms with van der Waals surface area (Å²) in [6, 6.07) is 0.555. The summed E-state index contributed by atoms with van der Waals surface area (Å²) in [5.74, 6) is 0.581. The lowest BCUT2D eigenvalue weighted by Gasteiger charge is -2.24. The van der Waals surface area contributed by atoms with Crippen LogP contribution >= 0.6 is 8.96 Å². The van der Waals surface area contributed by atoms with E-state index in [4.69, 9.17) is 4.52 Å². The molecule has 0 aromatic heterocycles. The maximum absolute atomic E-state index is 5.79. The highest BCUT2D eigenvalue weighted by Gasteiger charge is 2.34. The molecule has 0 amide bonds. The molecule has 1 saturated heterocycles. The summed E-state index contributed by atoms with van der Waals surface area (Å²) in [4.78, 5) is 0. The van der Waals surface area contributed by atoms with E-state index in [1.54, 1.807) is 0 Å². The Morgan fingerprint density at radius 3 is 2.85 bits per heavy atom. The van der Waals surface area contributed by atoms with Crippen LogP contribution < -0.4 is 0 Å². The number of allylic oxidation sites excluding steroid dienone is 3. The van der Waals surface area contributed by atoms with E-state index >= 15 is 0 Å². The molecule has 0 aromatic rings. The zero-order valence-electron chi connectivity index (χ0n) is 8.10. The maximum atomic E-state index is 5.79. The summed E-state index contributed by atoms with van der Waals surface area (Å²) in [6.45, 7) is 2.25. The van der Waals surface area contributed by atoms with Crippen molar-refractivity contribution < 1.29 is 4.52 Å². The molecule has 0 radical (unpaired) electrons. The highest BCUT2D eigenvalue weighted by molar-refractivity contribution is 7.29. The third-order valence-electron chi connectivity index (χ3n) is 2.85. The number of hydrogen-bond donors (Lipinski definition) is 0. The molecule has 1 fully saturated rings. The zero-order chi connectivity index (χ0) is 9.26. The van der Waals surface area contributed by atoms with Crippen molar-refractivity contribution in [2.45, 2.75) is 25.5 Å². The molecular weight excluding hydrogens is 181 g/mol. The third-order valence-corrected chi connectivity index (χ3v) is 3.93. The molecule has 2 aliphatic rings. The standard InChI is InChI=1S/C10H16NOP/c1-8-10(12-13-11(8)2)9-6-4-3-5-7-9/h3-6,8-10,13H,7H2,1-2H3/t8-,9+,10?/m0/s1. The van der Waals surface area contributed by atoms with Gasteiger partial charge < -0.3 is 4.52 Å². The second-order valence-electron chi connectivity index (χ2n) is 3.74. The smallest absolute Gasteiger partial charge is 0.0895 e. The minimum atomic E-state index is 0.393. The van der Waals surface area contributed by atoms with E-state index in [-0.39, 0.29) is 0 Å². The van der Waals surface area contributed by atoms with Crippen molar-refractivity contribution in [2.24, 2.45) is 5.92 Å². The molecular formula is C10H16NOP. The maximum Gasteiger partial charge on any atom is 0.0895 e. The van der Waals surface area contributed by atoms with Gasteiger partial charge in [-0.05, 0) is 20.4 Å². The normalized spacial score (nSPS) is 41.8. The van der Waals surface area contributed by atoms with Crippen LogP contribution in [0.15, 0.2) is 24.3 Å². The summed E-state index contributed by atoms with van der Waals surface area (Å²) in [6.07, 6.45) is 10.3. The number of likely N-dealkylation sites (N-methyl/N-ethyl adjacent to an activating group) is 1. The van der Waals surface area contributed by atoms with Crippen LogP contribution in [0.4, 0.5) is 0 Å². The zero-order valence-corrected chi connectivity index (χ0v) is 9.10. The molecule has 1 aliphatic heterocycles. The van der Waals surface area contributed by atoms with Crippen LogP contribution in [0.3, 0.4) is 0 Å². The van der Waals surface area contributed by atoms with Crippen LogP contribution in [0.2, 0.25) is 0 Å². The Bertz CT molecular complexity index is 239. The molecule has 0 N–H and O–H groups in total. The van der Waals surface area contributed by atoms with E-state index in [2.05, 4.69) is 42.9 Å². The fourth-order valence-electron chi connectivity index (χ4n) is 1.83. The summed E-state index contributed by atoms with van der Waals surface area (Å²) in [5.41, 5.74) is 0. The van der Waals surface area contributed by atoms with Gasteiger partial charge in [0.15, 0.2) is 0 Å². The monoisotopic (exact) mass is 197 g/mol. The van der Waals surface area contributed by atoms with Gasteiger partial charge in [-0.2, -0.15) is 0 Å². The largest absolute Gasteiger partial charge is 0.341 e. The molecule has 2 rings (SSSR count). The minimum absolute atomic E-state index is 0.393. The van der Waals surface area contributed by atoms with E-state index in [9.17, 15) is 0 Å². The molecule has 1 heterocycles. The quantitative estimate of drug-likeness (QED) is 0.598. The second-order valence-corrected chi connectivity index (χ2v) is 4.86. The van der Waals surface area contributed by atoms with Gasteiger partial charge in [0.2, 0.25) is 0 Å². The van der Waals surface area contributed by atoms with Crippen molar-refractivity contribution in [2.75, 3.05) is 7.05 Å². The van der Waals surface area contributed by atoms with Gasteiger partial charge in [-0.25, -0.2) is 0 Å². The first-order valence-corrected chi connectivity index (χ1v) is 5.62. The molecule has 2 unspecified atom stereocenters. The second kappa shape index (κ2) is 3.91. The molecule has 0 saturated carbocycles. The predicted octanol–water partition coefficient (Wildman–Crippen LogP) is 2.35. The number of nitrogens with zero attached hydrogens (tertiary/aromatic N) is 1. The first kappa shape index (κ1) is 9.39. The molecule has 1 aliphatic carbocycles. The highest BCUT2D eigenvalue weighted by atomic mass is 31.1. The average molecular weight is 197 g/mol. The van der Waals surface area contributed by atoms with Crippen LogP contribution in [0.1, 0.15) is 13.3 Å². The van der Waals surface area contributed by atoms with Gasteiger partial charge in [0, 0.05) is 12.0 Å². The Labute approximate surface area is 81.6 Å². The Morgan fingerprint density at radius 1 is 1.46 bits per heavy atom. The Hall–Kier alpha value is -0.170. The molecule has 13 heavy (non-hydrogen) atoms. The Kier molecular flexibility index (Phi) is 2.83. The summed E-state index contributed by atoms with van der Waals surface area (Å²) in [5, 5.41) is 0. The summed E-state index contributed by atoms with van der Waals surface area (Å²) >= 11 is 0. The molecule has 0 spiro atoms. The lowest BCUT2D eigenvalue weighted by molar-refractivity contribution is 0.165. The van der Waals surface area contributed by atoms with Crippen molar-refractivity contribution in [3.05, 3.63) is 24.3 Å². The fourth-order valence-corrected chi connectivity index (χ4v) is 2.81. The van der Waals surface area contributed by atoms with Gasteiger partial charge >= 0.3 is 0 Å². The van der Waals surface area contributed by atoms with Gasteiger partial charge in [0.1, 0.15) is 0 Å². The number of rotatable bonds is 1. The average Bonchev–Trinajstić information content (AvgIpc) is 2.49.